The summed E-state index contributed by atoms with van der Waals surface area (Å²) in [5.74, 6) is -0.415. The zero-order valence-electron chi connectivity index (χ0n) is 14.2. The van der Waals surface area contributed by atoms with Gasteiger partial charge in [-0.3, -0.25) is 14.4 Å². The van der Waals surface area contributed by atoms with E-state index in [4.69, 9.17) is 0 Å². The molecule has 1 heterocycles. The van der Waals surface area contributed by atoms with Crippen molar-refractivity contribution in [1.29, 1.82) is 0 Å². The Labute approximate surface area is 150 Å². The van der Waals surface area contributed by atoms with Crippen LogP contribution in [0.1, 0.15) is 35.7 Å². The normalized spacial score (nSPS) is 10.2. The first-order chi connectivity index (χ1) is 12.0. The molecule has 0 aliphatic rings. The highest BCUT2D eigenvalue weighted by Crippen LogP contribution is 2.23. The first-order valence-electron chi connectivity index (χ1n) is 7.95. The number of thiophene rings is 1. The molecular weight excluding hydrogens is 338 g/mol. The summed E-state index contributed by atoms with van der Waals surface area (Å²) in [6, 6.07) is 7.11. The predicted molar refractivity (Wildman–Crippen MR) is 100.0 cm³/mol. The summed E-state index contributed by atoms with van der Waals surface area (Å²) in [4.78, 5) is 35.0. The first kappa shape index (κ1) is 18.7. The fourth-order valence-electron chi connectivity index (χ4n) is 2.26. The lowest BCUT2D eigenvalue weighted by Crippen LogP contribution is -2.25. The highest BCUT2D eigenvalue weighted by atomic mass is 32.1. The molecule has 0 bridgehead atoms. The summed E-state index contributed by atoms with van der Waals surface area (Å²) in [5, 5.41) is 12.0. The molecule has 2 rings (SSSR count). The number of amides is 3. The highest BCUT2D eigenvalue weighted by Gasteiger charge is 2.09. The van der Waals surface area contributed by atoms with Crippen molar-refractivity contribution >= 4 is 40.4 Å². The maximum Gasteiger partial charge on any atom is 0.252 e. The molecule has 6 nitrogen and oxygen atoms in total. The lowest BCUT2D eigenvalue weighted by molar-refractivity contribution is -0.116. The van der Waals surface area contributed by atoms with E-state index >= 15 is 0 Å². The number of carbonyl (C=O) groups is 3. The fraction of sp³-hybridized carbons (Fsp3) is 0.278. The van der Waals surface area contributed by atoms with Crippen molar-refractivity contribution in [3.05, 3.63) is 46.2 Å². The van der Waals surface area contributed by atoms with Gasteiger partial charge in [0, 0.05) is 42.2 Å². The maximum atomic E-state index is 12.1. The van der Waals surface area contributed by atoms with Crippen molar-refractivity contribution in [3.8, 4) is 0 Å². The SMILES string of the molecule is CC(=O)Nc1cccc(NC(=O)CCCNC(=O)c2ccsc2)c1C. The number of hydrogen-bond acceptors (Lipinski definition) is 4. The molecule has 0 aliphatic carbocycles. The molecule has 0 unspecified atom stereocenters. The van der Waals surface area contributed by atoms with Gasteiger partial charge in [0.15, 0.2) is 0 Å². The molecule has 2 aromatic rings. The van der Waals surface area contributed by atoms with Crippen LogP contribution in [0.4, 0.5) is 11.4 Å². The number of nitrogens with one attached hydrogen (secondary N) is 3. The van der Waals surface area contributed by atoms with Crippen molar-refractivity contribution in [3.63, 3.8) is 0 Å². The van der Waals surface area contributed by atoms with Gasteiger partial charge in [-0.2, -0.15) is 11.3 Å². The van der Waals surface area contributed by atoms with Crippen LogP contribution in [0.25, 0.3) is 0 Å². The van der Waals surface area contributed by atoms with Crippen LogP contribution in [0.15, 0.2) is 35.0 Å². The Bertz CT molecular complexity index is 757. The average molecular weight is 359 g/mol. The van der Waals surface area contributed by atoms with E-state index in [1.165, 1.54) is 18.3 Å². The molecule has 132 valence electrons. The van der Waals surface area contributed by atoms with Crippen LogP contribution in [0, 0.1) is 6.92 Å². The summed E-state index contributed by atoms with van der Waals surface area (Å²) in [6.07, 6.45) is 0.847. The molecule has 0 spiro atoms. The van der Waals surface area contributed by atoms with Gasteiger partial charge in [0.25, 0.3) is 5.91 Å². The van der Waals surface area contributed by atoms with Gasteiger partial charge in [-0.15, -0.1) is 0 Å². The molecule has 1 aromatic heterocycles. The Morgan fingerprint density at radius 1 is 1.08 bits per heavy atom. The second-order valence-electron chi connectivity index (χ2n) is 5.58. The summed E-state index contributed by atoms with van der Waals surface area (Å²) in [7, 11) is 0. The predicted octanol–water partition coefficient (Wildman–Crippen LogP) is 3.16. The fourth-order valence-corrected chi connectivity index (χ4v) is 2.89. The van der Waals surface area contributed by atoms with E-state index in [2.05, 4.69) is 16.0 Å². The lowest BCUT2D eigenvalue weighted by Gasteiger charge is -2.12. The van der Waals surface area contributed by atoms with E-state index in [0.29, 0.717) is 36.3 Å². The van der Waals surface area contributed by atoms with Crippen molar-refractivity contribution in [2.75, 3.05) is 17.2 Å². The van der Waals surface area contributed by atoms with E-state index < -0.39 is 0 Å². The van der Waals surface area contributed by atoms with Gasteiger partial charge < -0.3 is 16.0 Å². The average Bonchev–Trinajstić information content (AvgIpc) is 3.09. The van der Waals surface area contributed by atoms with Crippen LogP contribution in [-0.4, -0.2) is 24.3 Å². The molecule has 0 atom stereocenters. The summed E-state index contributed by atoms with van der Waals surface area (Å²) < 4.78 is 0. The van der Waals surface area contributed by atoms with Crippen LogP contribution in [-0.2, 0) is 9.59 Å². The molecule has 0 saturated heterocycles. The van der Waals surface area contributed by atoms with Gasteiger partial charge in [-0.1, -0.05) is 6.07 Å². The number of hydrogen-bond donors (Lipinski definition) is 3. The zero-order valence-corrected chi connectivity index (χ0v) is 15.0. The Kier molecular flexibility index (Phi) is 6.71. The third kappa shape index (κ3) is 5.72. The van der Waals surface area contributed by atoms with Crippen LogP contribution in [0.5, 0.6) is 0 Å². The van der Waals surface area contributed by atoms with Crippen molar-refractivity contribution in [1.82, 2.24) is 5.32 Å². The quantitative estimate of drug-likeness (QED) is 0.664. The second kappa shape index (κ2) is 8.98. The molecule has 7 heteroatoms. The van der Waals surface area contributed by atoms with Gasteiger partial charge in [0.05, 0.1) is 0 Å². The molecule has 0 radical (unpaired) electrons. The Hall–Kier alpha value is -2.67. The largest absolute Gasteiger partial charge is 0.352 e. The van der Waals surface area contributed by atoms with Gasteiger partial charge in [0.1, 0.15) is 0 Å². The smallest absolute Gasteiger partial charge is 0.252 e. The number of anilines is 2. The molecule has 1 aromatic carbocycles. The Morgan fingerprint density at radius 2 is 1.80 bits per heavy atom. The van der Waals surface area contributed by atoms with Gasteiger partial charge >= 0.3 is 0 Å². The standard InChI is InChI=1S/C18H21N3O3S/c1-12-15(20-13(2)22)5-3-6-16(12)21-17(23)7-4-9-19-18(24)14-8-10-25-11-14/h3,5-6,8,10-11H,4,7,9H2,1-2H3,(H,19,24)(H,20,22)(H,21,23). The second-order valence-corrected chi connectivity index (χ2v) is 6.36. The van der Waals surface area contributed by atoms with E-state index in [9.17, 15) is 14.4 Å². The Balaban J connectivity index is 1.78. The van der Waals surface area contributed by atoms with E-state index in [-0.39, 0.29) is 17.7 Å². The minimum atomic E-state index is -0.159. The number of benzene rings is 1. The van der Waals surface area contributed by atoms with Gasteiger partial charge in [0.2, 0.25) is 11.8 Å². The maximum absolute atomic E-state index is 12.1. The third-order valence-electron chi connectivity index (χ3n) is 3.57. The van der Waals surface area contributed by atoms with Crippen LogP contribution >= 0.6 is 11.3 Å². The van der Waals surface area contributed by atoms with Crippen molar-refractivity contribution in [2.45, 2.75) is 26.7 Å². The number of rotatable bonds is 7. The monoisotopic (exact) mass is 359 g/mol. The van der Waals surface area contributed by atoms with Crippen LogP contribution in [0.2, 0.25) is 0 Å². The molecule has 25 heavy (non-hydrogen) atoms. The third-order valence-corrected chi connectivity index (χ3v) is 4.25. The lowest BCUT2D eigenvalue weighted by atomic mass is 10.1. The summed E-state index contributed by atoms with van der Waals surface area (Å²) >= 11 is 1.47. The summed E-state index contributed by atoms with van der Waals surface area (Å²) in [6.45, 7) is 3.71. The van der Waals surface area contributed by atoms with E-state index in [1.807, 2.05) is 12.3 Å². The molecular formula is C18H21N3O3S. The van der Waals surface area contributed by atoms with Crippen molar-refractivity contribution < 1.29 is 14.4 Å². The molecule has 0 fully saturated rings. The van der Waals surface area contributed by atoms with Crippen LogP contribution in [0.3, 0.4) is 0 Å². The van der Waals surface area contributed by atoms with E-state index in [0.717, 1.165) is 5.56 Å². The topological polar surface area (TPSA) is 87.3 Å². The highest BCUT2D eigenvalue weighted by molar-refractivity contribution is 7.08. The molecule has 0 saturated carbocycles. The Morgan fingerprint density at radius 3 is 2.44 bits per heavy atom. The van der Waals surface area contributed by atoms with Gasteiger partial charge in [-0.05, 0) is 42.5 Å². The molecule has 0 aliphatic heterocycles. The molecule has 3 amide bonds. The zero-order chi connectivity index (χ0) is 18.2. The summed E-state index contributed by atoms with van der Waals surface area (Å²) in [5.41, 5.74) is 2.78. The minimum Gasteiger partial charge on any atom is -0.352 e. The minimum absolute atomic E-state index is 0.125. The van der Waals surface area contributed by atoms with Crippen molar-refractivity contribution in [2.24, 2.45) is 0 Å². The first-order valence-corrected chi connectivity index (χ1v) is 8.89. The molecule has 3 N–H and O–H groups in total. The van der Waals surface area contributed by atoms with E-state index in [1.54, 1.807) is 29.6 Å². The number of carbonyl (C=O) groups excluding carboxylic acids is 3. The van der Waals surface area contributed by atoms with Crippen LogP contribution < -0.4 is 16.0 Å². The van der Waals surface area contributed by atoms with Gasteiger partial charge in [-0.25, -0.2) is 0 Å².